The van der Waals surface area contributed by atoms with E-state index in [1.54, 1.807) is 24.3 Å². The molecule has 1 heterocycles. The molecule has 0 aromatic heterocycles. The van der Waals surface area contributed by atoms with Crippen molar-refractivity contribution in [2.24, 2.45) is 11.7 Å². The van der Waals surface area contributed by atoms with Crippen LogP contribution in [0, 0.1) is 5.92 Å². The van der Waals surface area contributed by atoms with E-state index in [0.29, 0.717) is 37.2 Å². The fraction of sp³-hybridized carbons (Fsp3) is 0.471. The number of hydrogen-bond donors (Lipinski definition) is 2. The maximum absolute atomic E-state index is 12.3. The minimum Gasteiger partial charge on any atom is -0.369 e. The van der Waals surface area contributed by atoms with Crippen molar-refractivity contribution in [3.63, 3.8) is 0 Å². The van der Waals surface area contributed by atoms with Crippen molar-refractivity contribution in [1.29, 1.82) is 0 Å². The molecular weight excluding hydrogens is 294 g/mol. The lowest BCUT2D eigenvalue weighted by atomic mass is 9.95. The van der Waals surface area contributed by atoms with Crippen molar-refractivity contribution >= 4 is 23.3 Å². The molecule has 0 radical (unpaired) electrons. The van der Waals surface area contributed by atoms with Crippen molar-refractivity contribution in [1.82, 2.24) is 4.90 Å². The summed E-state index contributed by atoms with van der Waals surface area (Å²) in [5.41, 5.74) is 6.60. The summed E-state index contributed by atoms with van der Waals surface area (Å²) in [6.07, 6.45) is 1.39. The van der Waals surface area contributed by atoms with Gasteiger partial charge in [-0.1, -0.05) is 0 Å². The summed E-state index contributed by atoms with van der Waals surface area (Å²) in [6.45, 7) is 4.73. The van der Waals surface area contributed by atoms with Crippen LogP contribution in [-0.4, -0.2) is 41.6 Å². The first-order chi connectivity index (χ1) is 10.9. The van der Waals surface area contributed by atoms with Gasteiger partial charge in [-0.2, -0.15) is 0 Å². The maximum atomic E-state index is 12.3. The second-order valence-electron chi connectivity index (χ2n) is 6.01. The Morgan fingerprint density at radius 3 is 2.22 bits per heavy atom. The molecule has 1 aromatic rings. The number of nitrogens with zero attached hydrogens (tertiary/aromatic N) is 1. The van der Waals surface area contributed by atoms with Crippen LogP contribution in [0.25, 0.3) is 0 Å². The van der Waals surface area contributed by atoms with Gasteiger partial charge in [0.15, 0.2) is 5.78 Å². The maximum Gasteiger partial charge on any atom is 0.241 e. The molecule has 1 aliphatic heterocycles. The SMILES string of the molecule is CC(=O)c1ccc(NC(=O)[C@@H](C)N2CCC(C(N)=O)CC2)cc1. The molecule has 1 saturated heterocycles. The number of hydrogen-bond acceptors (Lipinski definition) is 4. The summed E-state index contributed by atoms with van der Waals surface area (Å²) in [6, 6.07) is 6.56. The molecule has 23 heavy (non-hydrogen) atoms. The van der Waals surface area contributed by atoms with Crippen LogP contribution in [0.15, 0.2) is 24.3 Å². The van der Waals surface area contributed by atoms with Crippen LogP contribution in [0.3, 0.4) is 0 Å². The van der Waals surface area contributed by atoms with Gasteiger partial charge in [-0.05, 0) is 64.0 Å². The van der Waals surface area contributed by atoms with Crippen molar-refractivity contribution in [3.05, 3.63) is 29.8 Å². The number of piperidine rings is 1. The van der Waals surface area contributed by atoms with Crippen LogP contribution in [0.1, 0.15) is 37.0 Å². The van der Waals surface area contributed by atoms with Gasteiger partial charge >= 0.3 is 0 Å². The summed E-state index contributed by atoms with van der Waals surface area (Å²) in [5.74, 6) is -0.445. The quantitative estimate of drug-likeness (QED) is 0.803. The molecule has 1 aliphatic rings. The predicted molar refractivity (Wildman–Crippen MR) is 88.0 cm³/mol. The Bertz CT molecular complexity index is 590. The average molecular weight is 317 g/mol. The summed E-state index contributed by atoms with van der Waals surface area (Å²) < 4.78 is 0. The molecular formula is C17H23N3O3. The van der Waals surface area contributed by atoms with E-state index < -0.39 is 0 Å². The molecule has 0 unspecified atom stereocenters. The lowest BCUT2D eigenvalue weighted by Gasteiger charge is -2.34. The predicted octanol–water partition coefficient (Wildman–Crippen LogP) is 1.41. The van der Waals surface area contributed by atoms with Crippen LogP contribution in [0.2, 0.25) is 0 Å². The Morgan fingerprint density at radius 1 is 1.17 bits per heavy atom. The third-order valence-electron chi connectivity index (χ3n) is 4.42. The van der Waals surface area contributed by atoms with Crippen molar-refractivity contribution in [2.75, 3.05) is 18.4 Å². The standard InChI is InChI=1S/C17H23N3O3/c1-11(20-9-7-14(8-10-20)16(18)22)17(23)19-15-5-3-13(4-6-15)12(2)21/h3-6,11,14H,7-10H2,1-2H3,(H2,18,22)(H,19,23)/t11-/m1/s1. The molecule has 0 spiro atoms. The topological polar surface area (TPSA) is 92.5 Å². The first kappa shape index (κ1) is 17.1. The van der Waals surface area contributed by atoms with Gasteiger partial charge in [0.1, 0.15) is 0 Å². The van der Waals surface area contributed by atoms with Gasteiger partial charge in [-0.3, -0.25) is 19.3 Å². The first-order valence-corrected chi connectivity index (χ1v) is 7.83. The highest BCUT2D eigenvalue weighted by Crippen LogP contribution is 2.19. The molecule has 6 nitrogen and oxygen atoms in total. The first-order valence-electron chi connectivity index (χ1n) is 7.83. The number of anilines is 1. The van der Waals surface area contributed by atoms with E-state index in [2.05, 4.69) is 10.2 Å². The molecule has 124 valence electrons. The van der Waals surface area contributed by atoms with E-state index in [4.69, 9.17) is 5.73 Å². The summed E-state index contributed by atoms with van der Waals surface area (Å²) in [4.78, 5) is 36.8. The fourth-order valence-corrected chi connectivity index (χ4v) is 2.77. The van der Waals surface area contributed by atoms with Gasteiger partial charge < -0.3 is 11.1 Å². The summed E-state index contributed by atoms with van der Waals surface area (Å²) in [7, 11) is 0. The minimum absolute atomic E-state index is 0.00596. The van der Waals surface area contributed by atoms with E-state index in [-0.39, 0.29) is 29.6 Å². The van der Waals surface area contributed by atoms with Gasteiger partial charge in [-0.25, -0.2) is 0 Å². The van der Waals surface area contributed by atoms with Crippen LogP contribution in [0.5, 0.6) is 0 Å². The minimum atomic E-state index is -0.281. The summed E-state index contributed by atoms with van der Waals surface area (Å²) in [5, 5.41) is 2.86. The van der Waals surface area contributed by atoms with E-state index in [9.17, 15) is 14.4 Å². The van der Waals surface area contributed by atoms with Gasteiger partial charge in [0.25, 0.3) is 0 Å². The van der Waals surface area contributed by atoms with Crippen molar-refractivity contribution in [2.45, 2.75) is 32.7 Å². The number of Topliss-reactive ketones (excluding diaryl/α,β-unsaturated/α-hetero) is 1. The zero-order valence-corrected chi connectivity index (χ0v) is 13.5. The highest BCUT2D eigenvalue weighted by atomic mass is 16.2. The molecule has 0 aliphatic carbocycles. The number of nitrogens with one attached hydrogen (secondary N) is 1. The number of carbonyl (C=O) groups excluding carboxylic acids is 3. The highest BCUT2D eigenvalue weighted by molar-refractivity contribution is 5.97. The number of likely N-dealkylation sites (tertiary alicyclic amines) is 1. The van der Waals surface area contributed by atoms with Crippen LogP contribution in [-0.2, 0) is 9.59 Å². The van der Waals surface area contributed by atoms with Crippen LogP contribution >= 0.6 is 0 Å². The molecule has 0 bridgehead atoms. The number of nitrogens with two attached hydrogens (primary N) is 1. The molecule has 2 amide bonds. The molecule has 0 saturated carbocycles. The Labute approximate surface area is 136 Å². The van der Waals surface area contributed by atoms with Gasteiger partial charge in [-0.15, -0.1) is 0 Å². The van der Waals surface area contributed by atoms with Gasteiger partial charge in [0.2, 0.25) is 11.8 Å². The van der Waals surface area contributed by atoms with Gasteiger partial charge in [0.05, 0.1) is 6.04 Å². The lowest BCUT2D eigenvalue weighted by Crippen LogP contribution is -2.47. The number of primary amides is 1. The Hall–Kier alpha value is -2.21. The normalized spacial score (nSPS) is 17.5. The largest absolute Gasteiger partial charge is 0.369 e. The summed E-state index contributed by atoms with van der Waals surface area (Å²) >= 11 is 0. The molecule has 6 heteroatoms. The second-order valence-corrected chi connectivity index (χ2v) is 6.01. The second kappa shape index (κ2) is 7.37. The van der Waals surface area contributed by atoms with Crippen LogP contribution < -0.4 is 11.1 Å². The smallest absolute Gasteiger partial charge is 0.241 e. The molecule has 2 rings (SSSR count). The fourth-order valence-electron chi connectivity index (χ4n) is 2.77. The number of benzene rings is 1. The Morgan fingerprint density at radius 2 is 1.74 bits per heavy atom. The molecule has 1 atom stereocenters. The zero-order chi connectivity index (χ0) is 17.0. The number of amides is 2. The third kappa shape index (κ3) is 4.39. The van der Waals surface area contributed by atoms with Crippen molar-refractivity contribution in [3.8, 4) is 0 Å². The van der Waals surface area contributed by atoms with Crippen LogP contribution in [0.4, 0.5) is 5.69 Å². The van der Waals surface area contributed by atoms with E-state index in [1.807, 2.05) is 6.92 Å². The number of carbonyl (C=O) groups is 3. The molecule has 1 fully saturated rings. The Balaban J connectivity index is 1.90. The van der Waals surface area contributed by atoms with E-state index in [1.165, 1.54) is 6.92 Å². The Kier molecular flexibility index (Phi) is 5.50. The monoisotopic (exact) mass is 317 g/mol. The highest BCUT2D eigenvalue weighted by Gasteiger charge is 2.28. The number of ketones is 1. The average Bonchev–Trinajstić information content (AvgIpc) is 2.54. The van der Waals surface area contributed by atoms with E-state index >= 15 is 0 Å². The number of rotatable bonds is 5. The van der Waals surface area contributed by atoms with E-state index in [0.717, 1.165) is 0 Å². The van der Waals surface area contributed by atoms with Crippen molar-refractivity contribution < 1.29 is 14.4 Å². The molecule has 3 N–H and O–H groups in total. The molecule has 1 aromatic carbocycles. The van der Waals surface area contributed by atoms with Gasteiger partial charge in [0, 0.05) is 17.2 Å². The third-order valence-corrected chi connectivity index (χ3v) is 4.42. The lowest BCUT2D eigenvalue weighted by molar-refractivity contribution is -0.124. The zero-order valence-electron chi connectivity index (χ0n) is 13.5.